The maximum absolute atomic E-state index is 13.3. The van der Waals surface area contributed by atoms with Gasteiger partial charge in [0.15, 0.2) is 0 Å². The molecule has 1 aromatic carbocycles. The van der Waals surface area contributed by atoms with Crippen molar-refractivity contribution in [3.05, 3.63) is 47.5 Å². The third-order valence-electron chi connectivity index (χ3n) is 6.08. The van der Waals surface area contributed by atoms with Crippen LogP contribution in [0.1, 0.15) is 63.5 Å². The second-order valence-corrected chi connectivity index (χ2v) is 8.35. The van der Waals surface area contributed by atoms with Crippen LogP contribution in [-0.4, -0.2) is 41.2 Å². The monoisotopic (exact) mass is 368 g/mol. The second-order valence-electron chi connectivity index (χ2n) is 8.35. The van der Waals surface area contributed by atoms with E-state index in [1.54, 1.807) is 0 Å². The Kier molecular flexibility index (Phi) is 6.03. The first kappa shape index (κ1) is 19.7. The van der Waals surface area contributed by atoms with Crippen LogP contribution in [0.25, 0.3) is 0 Å². The van der Waals surface area contributed by atoms with Gasteiger partial charge in [-0.05, 0) is 43.2 Å². The Morgan fingerprint density at radius 3 is 2.59 bits per heavy atom. The molecule has 4 heteroatoms. The molecule has 2 aliphatic heterocycles. The van der Waals surface area contributed by atoms with E-state index in [4.69, 9.17) is 0 Å². The highest BCUT2D eigenvalue weighted by Gasteiger charge is 2.49. The molecule has 1 aromatic rings. The summed E-state index contributed by atoms with van der Waals surface area (Å²) >= 11 is 0. The summed E-state index contributed by atoms with van der Waals surface area (Å²) in [5.41, 5.74) is 2.15. The van der Waals surface area contributed by atoms with E-state index in [1.165, 1.54) is 11.1 Å². The molecule has 2 heterocycles. The number of likely N-dealkylation sites (tertiary alicyclic amines) is 2. The van der Waals surface area contributed by atoms with Gasteiger partial charge >= 0.3 is 0 Å². The first-order valence-corrected chi connectivity index (χ1v) is 10.2. The van der Waals surface area contributed by atoms with Crippen molar-refractivity contribution in [2.24, 2.45) is 5.41 Å². The van der Waals surface area contributed by atoms with Crippen molar-refractivity contribution in [2.45, 2.75) is 58.9 Å². The van der Waals surface area contributed by atoms with E-state index >= 15 is 0 Å². The minimum atomic E-state index is -0.359. The minimum absolute atomic E-state index is 0.138. The Hall–Kier alpha value is -2.10. The van der Waals surface area contributed by atoms with Crippen molar-refractivity contribution in [1.82, 2.24) is 9.80 Å². The van der Waals surface area contributed by atoms with E-state index < -0.39 is 0 Å². The Labute approximate surface area is 163 Å². The molecule has 2 fully saturated rings. The summed E-state index contributed by atoms with van der Waals surface area (Å²) < 4.78 is 0. The smallest absolute Gasteiger partial charge is 0.230 e. The average molecular weight is 369 g/mol. The van der Waals surface area contributed by atoms with Gasteiger partial charge in [-0.1, -0.05) is 50.3 Å². The van der Waals surface area contributed by atoms with E-state index in [9.17, 15) is 9.59 Å². The molecule has 4 nitrogen and oxygen atoms in total. The quantitative estimate of drug-likeness (QED) is 0.734. The Morgan fingerprint density at radius 1 is 1.19 bits per heavy atom. The molecule has 146 valence electrons. The first-order valence-electron chi connectivity index (χ1n) is 10.2. The number of amides is 2. The number of nitrogens with zero attached hydrogens (tertiary/aromatic N) is 2. The summed E-state index contributed by atoms with van der Waals surface area (Å²) in [6.07, 6.45) is 6.96. The van der Waals surface area contributed by atoms with Crippen molar-refractivity contribution in [2.75, 3.05) is 19.6 Å². The molecule has 1 spiro atoms. The van der Waals surface area contributed by atoms with Crippen molar-refractivity contribution in [3.63, 3.8) is 0 Å². The fraction of sp³-hybridized carbons (Fsp3) is 0.565. The average Bonchev–Trinajstić information content (AvgIpc) is 3.09. The maximum Gasteiger partial charge on any atom is 0.230 e. The third kappa shape index (κ3) is 4.26. The summed E-state index contributed by atoms with van der Waals surface area (Å²) in [6, 6.07) is 8.62. The lowest BCUT2D eigenvalue weighted by atomic mass is 9.78. The lowest BCUT2D eigenvalue weighted by Crippen LogP contribution is -2.50. The molecule has 0 aromatic heterocycles. The molecule has 27 heavy (non-hydrogen) atoms. The zero-order valence-corrected chi connectivity index (χ0v) is 16.9. The van der Waals surface area contributed by atoms with Gasteiger partial charge in [-0.3, -0.25) is 9.59 Å². The van der Waals surface area contributed by atoms with Crippen molar-refractivity contribution in [3.8, 4) is 0 Å². The number of piperidine rings is 1. The van der Waals surface area contributed by atoms with Crippen LogP contribution in [0.2, 0.25) is 0 Å². The van der Waals surface area contributed by atoms with E-state index in [-0.39, 0.29) is 17.2 Å². The summed E-state index contributed by atoms with van der Waals surface area (Å²) in [4.78, 5) is 29.5. The van der Waals surface area contributed by atoms with Crippen molar-refractivity contribution >= 4 is 11.8 Å². The number of carbonyl (C=O) groups excluding carboxylic acids is 2. The largest absolute Gasteiger partial charge is 0.341 e. The van der Waals surface area contributed by atoms with Crippen molar-refractivity contribution < 1.29 is 9.59 Å². The summed E-state index contributed by atoms with van der Waals surface area (Å²) in [6.45, 7) is 9.09. The predicted octanol–water partition coefficient (Wildman–Crippen LogP) is 4.12. The molecule has 0 N–H and O–H groups in total. The lowest BCUT2D eigenvalue weighted by Gasteiger charge is -2.39. The van der Waals surface area contributed by atoms with E-state index in [0.29, 0.717) is 32.0 Å². The molecule has 2 saturated heterocycles. The molecule has 0 bridgehead atoms. The molecule has 3 rings (SSSR count). The number of carbonyl (C=O) groups is 2. The van der Waals surface area contributed by atoms with Gasteiger partial charge in [-0.25, -0.2) is 0 Å². The maximum atomic E-state index is 13.3. The van der Waals surface area contributed by atoms with Gasteiger partial charge in [0.2, 0.25) is 11.8 Å². The molecule has 2 amide bonds. The van der Waals surface area contributed by atoms with E-state index in [2.05, 4.69) is 38.1 Å². The Balaban J connectivity index is 1.66. The first-order chi connectivity index (χ1) is 12.9. The van der Waals surface area contributed by atoms with Crippen LogP contribution in [0.3, 0.4) is 0 Å². The van der Waals surface area contributed by atoms with Gasteiger partial charge in [-0.15, -0.1) is 0 Å². The van der Waals surface area contributed by atoms with Gasteiger partial charge in [0.25, 0.3) is 0 Å². The number of allylic oxidation sites excluding steroid dienone is 1. The van der Waals surface area contributed by atoms with Gasteiger partial charge in [-0.2, -0.15) is 0 Å². The number of rotatable bonds is 5. The minimum Gasteiger partial charge on any atom is -0.341 e. The number of benzene rings is 1. The number of hydrogen-bond donors (Lipinski definition) is 0. The lowest BCUT2D eigenvalue weighted by molar-refractivity contribution is -0.146. The fourth-order valence-corrected chi connectivity index (χ4v) is 4.34. The molecule has 1 atom stereocenters. The molecule has 0 aliphatic carbocycles. The predicted molar refractivity (Wildman–Crippen MR) is 108 cm³/mol. The van der Waals surface area contributed by atoms with Crippen LogP contribution in [0.15, 0.2) is 36.4 Å². The molecular formula is C23H32N2O2. The van der Waals surface area contributed by atoms with Crippen LogP contribution in [0.4, 0.5) is 0 Å². The van der Waals surface area contributed by atoms with Crippen molar-refractivity contribution in [1.29, 1.82) is 0 Å². The Bertz CT molecular complexity index is 708. The summed E-state index contributed by atoms with van der Waals surface area (Å²) in [5, 5.41) is 0. The second kappa shape index (κ2) is 8.28. The highest BCUT2D eigenvalue weighted by Crippen LogP contribution is 2.40. The zero-order valence-electron chi connectivity index (χ0n) is 16.9. The van der Waals surface area contributed by atoms with Crippen LogP contribution in [0, 0.1) is 5.41 Å². The summed E-state index contributed by atoms with van der Waals surface area (Å²) in [7, 11) is 0. The van der Waals surface area contributed by atoms with Gasteiger partial charge < -0.3 is 9.80 Å². The molecule has 0 saturated carbocycles. The molecule has 2 aliphatic rings. The van der Waals surface area contributed by atoms with Gasteiger partial charge in [0.1, 0.15) is 0 Å². The van der Waals surface area contributed by atoms with E-state index in [1.807, 2.05) is 28.9 Å². The topological polar surface area (TPSA) is 40.6 Å². The number of hydrogen-bond acceptors (Lipinski definition) is 2. The Morgan fingerprint density at radius 2 is 1.93 bits per heavy atom. The van der Waals surface area contributed by atoms with Gasteiger partial charge in [0.05, 0.1) is 5.41 Å². The SMILES string of the molecule is CC=CCC(=O)N1CCC2(CCCN(Cc3ccc(C(C)C)cc3)C2=O)C1. The van der Waals surface area contributed by atoms with Gasteiger partial charge in [0, 0.05) is 32.6 Å². The highest BCUT2D eigenvalue weighted by atomic mass is 16.2. The van der Waals surface area contributed by atoms with E-state index in [0.717, 1.165) is 25.8 Å². The third-order valence-corrected chi connectivity index (χ3v) is 6.08. The fourth-order valence-electron chi connectivity index (χ4n) is 4.34. The zero-order chi connectivity index (χ0) is 19.4. The van der Waals surface area contributed by atoms with Crippen LogP contribution in [0.5, 0.6) is 0 Å². The standard InChI is InChI=1S/C23H32N2O2/c1-4-5-7-21(26)25-15-13-23(17-25)12-6-14-24(22(23)27)16-19-8-10-20(11-9-19)18(2)3/h4-5,8-11,18H,6-7,12-17H2,1-3H3. The molecule has 0 radical (unpaired) electrons. The van der Waals surface area contributed by atoms with Crippen LogP contribution >= 0.6 is 0 Å². The van der Waals surface area contributed by atoms with Crippen LogP contribution < -0.4 is 0 Å². The van der Waals surface area contributed by atoms with Crippen LogP contribution in [-0.2, 0) is 16.1 Å². The summed E-state index contributed by atoms with van der Waals surface area (Å²) in [5.74, 6) is 0.894. The highest BCUT2D eigenvalue weighted by molar-refractivity contribution is 5.86. The normalized spacial score (nSPS) is 23.2. The molecular weight excluding hydrogens is 336 g/mol. The molecule has 1 unspecified atom stereocenters.